The Kier molecular flexibility index (Phi) is 5.73. The molecule has 7 nitrogen and oxygen atoms in total. The molecule has 1 aliphatic rings. The van der Waals surface area contributed by atoms with Gasteiger partial charge in [0.2, 0.25) is 0 Å². The lowest BCUT2D eigenvalue weighted by Gasteiger charge is -2.28. The van der Waals surface area contributed by atoms with Crippen molar-refractivity contribution < 1.29 is 9.53 Å². The maximum Gasteiger partial charge on any atom is 0.255 e. The first-order valence-corrected chi connectivity index (χ1v) is 12.3. The minimum Gasteiger partial charge on any atom is -0.378 e. The highest BCUT2D eigenvalue weighted by Crippen LogP contribution is 2.30. The molecule has 0 aliphatic carbocycles. The van der Waals surface area contributed by atoms with Gasteiger partial charge in [0, 0.05) is 47.3 Å². The highest BCUT2D eigenvalue weighted by molar-refractivity contribution is 7.22. The zero-order valence-corrected chi connectivity index (χ0v) is 19.7. The minimum absolute atomic E-state index is 0.143. The number of anilines is 4. The van der Waals surface area contributed by atoms with Crippen LogP contribution in [0, 0.1) is 0 Å². The van der Waals surface area contributed by atoms with Gasteiger partial charge in [0.05, 0.1) is 28.9 Å². The van der Waals surface area contributed by atoms with Crippen LogP contribution in [-0.4, -0.2) is 42.2 Å². The number of thiazole rings is 1. The molecule has 2 aromatic heterocycles. The summed E-state index contributed by atoms with van der Waals surface area (Å²) >= 11 is 1.52. The molecule has 174 valence electrons. The summed E-state index contributed by atoms with van der Waals surface area (Å²) in [6.45, 7) is 3.26. The smallest absolute Gasteiger partial charge is 0.255 e. The van der Waals surface area contributed by atoms with Crippen molar-refractivity contribution >= 4 is 60.6 Å². The number of benzene rings is 3. The predicted molar refractivity (Wildman–Crippen MR) is 142 cm³/mol. The van der Waals surface area contributed by atoms with Crippen molar-refractivity contribution in [2.24, 2.45) is 0 Å². The van der Waals surface area contributed by atoms with E-state index in [1.807, 2.05) is 66.7 Å². The highest BCUT2D eigenvalue weighted by Gasteiger charge is 2.13. The fraction of sp³-hybridized carbons (Fsp3) is 0.148. The lowest BCUT2D eigenvalue weighted by molar-refractivity contribution is 0.102. The standard InChI is InChI=1S/C27H23N5O2S/c33-26(29-20-4-7-22(8-5-20)32-12-14-34-15-13-32)19-3-9-24-25(17-19)35-27(31-24)30-21-6-10-23-18(16-21)2-1-11-28-23/h1-11,16-17H,12-15H2,(H,29,33)(H,30,31). The van der Waals surface area contributed by atoms with Crippen molar-refractivity contribution in [3.8, 4) is 0 Å². The molecule has 8 heteroatoms. The van der Waals surface area contributed by atoms with Crippen LogP contribution in [-0.2, 0) is 4.74 Å². The predicted octanol–water partition coefficient (Wildman–Crippen LogP) is 5.68. The maximum absolute atomic E-state index is 12.9. The molecule has 0 radical (unpaired) electrons. The molecule has 5 aromatic rings. The lowest BCUT2D eigenvalue weighted by Crippen LogP contribution is -2.36. The minimum atomic E-state index is -0.143. The zero-order chi connectivity index (χ0) is 23.6. The maximum atomic E-state index is 12.9. The van der Waals surface area contributed by atoms with Crippen molar-refractivity contribution in [1.82, 2.24) is 9.97 Å². The number of hydrogen-bond donors (Lipinski definition) is 2. The largest absolute Gasteiger partial charge is 0.378 e. The van der Waals surface area contributed by atoms with E-state index in [0.717, 1.165) is 69.6 Å². The average molecular weight is 482 g/mol. The van der Waals surface area contributed by atoms with Crippen LogP contribution in [0.5, 0.6) is 0 Å². The van der Waals surface area contributed by atoms with Gasteiger partial charge in [-0.25, -0.2) is 4.98 Å². The van der Waals surface area contributed by atoms with E-state index < -0.39 is 0 Å². The number of nitrogens with zero attached hydrogens (tertiary/aromatic N) is 3. The van der Waals surface area contributed by atoms with E-state index in [1.165, 1.54) is 11.3 Å². The van der Waals surface area contributed by atoms with Gasteiger partial charge in [0.25, 0.3) is 5.91 Å². The molecule has 3 heterocycles. The number of carbonyl (C=O) groups is 1. The van der Waals surface area contributed by atoms with Gasteiger partial charge in [0.1, 0.15) is 0 Å². The van der Waals surface area contributed by atoms with Crippen molar-refractivity contribution in [1.29, 1.82) is 0 Å². The number of aromatic nitrogens is 2. The number of pyridine rings is 1. The Morgan fingerprint density at radius 2 is 1.71 bits per heavy atom. The molecular formula is C27H23N5O2S. The number of morpholine rings is 1. The van der Waals surface area contributed by atoms with Crippen LogP contribution in [0.3, 0.4) is 0 Å². The Morgan fingerprint density at radius 1 is 0.914 bits per heavy atom. The molecule has 2 N–H and O–H groups in total. The third kappa shape index (κ3) is 4.66. The zero-order valence-electron chi connectivity index (χ0n) is 18.9. The first kappa shape index (κ1) is 21.5. The van der Waals surface area contributed by atoms with Crippen LogP contribution in [0.4, 0.5) is 22.2 Å². The Hall–Kier alpha value is -4.01. The highest BCUT2D eigenvalue weighted by atomic mass is 32.1. The summed E-state index contributed by atoms with van der Waals surface area (Å²) < 4.78 is 6.36. The van der Waals surface area contributed by atoms with E-state index in [9.17, 15) is 4.79 Å². The van der Waals surface area contributed by atoms with Gasteiger partial charge in [-0.05, 0) is 66.7 Å². The molecule has 3 aromatic carbocycles. The topological polar surface area (TPSA) is 79.4 Å². The summed E-state index contributed by atoms with van der Waals surface area (Å²) in [5.74, 6) is -0.143. The van der Waals surface area contributed by atoms with Crippen LogP contribution in [0.25, 0.3) is 21.1 Å². The van der Waals surface area contributed by atoms with Crippen molar-refractivity contribution in [3.05, 3.63) is 84.6 Å². The van der Waals surface area contributed by atoms with Crippen molar-refractivity contribution in [2.45, 2.75) is 0 Å². The fourth-order valence-electron chi connectivity index (χ4n) is 4.18. The molecule has 0 unspecified atom stereocenters. The van der Waals surface area contributed by atoms with Crippen LogP contribution in [0.1, 0.15) is 10.4 Å². The van der Waals surface area contributed by atoms with Gasteiger partial charge in [-0.3, -0.25) is 9.78 Å². The SMILES string of the molecule is O=C(Nc1ccc(N2CCOCC2)cc1)c1ccc2nc(Nc3ccc4ncccc4c3)sc2c1. The molecule has 1 amide bonds. The molecule has 0 atom stereocenters. The van der Waals surface area contributed by atoms with E-state index in [4.69, 9.17) is 4.74 Å². The summed E-state index contributed by atoms with van der Waals surface area (Å²) in [4.78, 5) is 24.2. The third-order valence-electron chi connectivity index (χ3n) is 6.01. The van der Waals surface area contributed by atoms with Crippen LogP contribution in [0.2, 0.25) is 0 Å². The number of fused-ring (bicyclic) bond motifs is 2. The number of nitrogens with one attached hydrogen (secondary N) is 2. The third-order valence-corrected chi connectivity index (χ3v) is 6.94. The quantitative estimate of drug-likeness (QED) is 0.336. The molecule has 6 rings (SSSR count). The van der Waals surface area contributed by atoms with Crippen LogP contribution >= 0.6 is 11.3 Å². The van der Waals surface area contributed by atoms with Gasteiger partial charge < -0.3 is 20.3 Å². The summed E-state index contributed by atoms with van der Waals surface area (Å²) in [5, 5.41) is 8.21. The molecular weight excluding hydrogens is 458 g/mol. The molecule has 1 aliphatic heterocycles. The lowest BCUT2D eigenvalue weighted by atomic mass is 10.2. The van der Waals surface area contributed by atoms with Crippen molar-refractivity contribution in [3.63, 3.8) is 0 Å². The number of carbonyl (C=O) groups excluding carboxylic acids is 1. The molecule has 0 spiro atoms. The summed E-state index contributed by atoms with van der Waals surface area (Å²) in [5.41, 5.74) is 5.26. The second-order valence-corrected chi connectivity index (χ2v) is 9.37. The second kappa shape index (κ2) is 9.32. The summed E-state index contributed by atoms with van der Waals surface area (Å²) in [6.07, 6.45) is 1.79. The van der Waals surface area contributed by atoms with Gasteiger partial charge in [-0.2, -0.15) is 0 Å². The van der Waals surface area contributed by atoms with Gasteiger partial charge in [-0.1, -0.05) is 17.4 Å². The summed E-state index contributed by atoms with van der Waals surface area (Å²) in [6, 6.07) is 23.5. The summed E-state index contributed by atoms with van der Waals surface area (Å²) in [7, 11) is 0. The van der Waals surface area contributed by atoms with Crippen LogP contribution < -0.4 is 15.5 Å². The van der Waals surface area contributed by atoms with E-state index in [-0.39, 0.29) is 5.91 Å². The van der Waals surface area contributed by atoms with Crippen molar-refractivity contribution in [2.75, 3.05) is 41.8 Å². The molecule has 0 saturated carbocycles. The second-order valence-electron chi connectivity index (χ2n) is 8.34. The number of ether oxygens (including phenoxy) is 1. The molecule has 1 saturated heterocycles. The van der Waals surface area contributed by atoms with Gasteiger partial charge in [0.15, 0.2) is 5.13 Å². The first-order valence-electron chi connectivity index (χ1n) is 11.5. The fourth-order valence-corrected chi connectivity index (χ4v) is 5.10. The van der Waals surface area contributed by atoms with E-state index in [0.29, 0.717) is 5.56 Å². The first-order chi connectivity index (χ1) is 17.2. The normalized spacial score (nSPS) is 13.8. The Labute approximate surface area is 206 Å². The molecule has 1 fully saturated rings. The number of amides is 1. The monoisotopic (exact) mass is 481 g/mol. The van der Waals surface area contributed by atoms with Gasteiger partial charge in [-0.15, -0.1) is 0 Å². The van der Waals surface area contributed by atoms with Gasteiger partial charge >= 0.3 is 0 Å². The van der Waals surface area contributed by atoms with E-state index in [1.54, 1.807) is 6.20 Å². The Morgan fingerprint density at radius 3 is 2.57 bits per heavy atom. The number of rotatable bonds is 5. The Bertz CT molecular complexity index is 1510. The van der Waals surface area contributed by atoms with E-state index in [2.05, 4.69) is 31.6 Å². The number of hydrogen-bond acceptors (Lipinski definition) is 7. The Balaban J connectivity index is 1.16. The average Bonchev–Trinajstić information content (AvgIpc) is 3.31. The van der Waals surface area contributed by atoms with E-state index >= 15 is 0 Å². The molecule has 0 bridgehead atoms. The molecule has 35 heavy (non-hydrogen) atoms. The van der Waals surface area contributed by atoms with Crippen LogP contribution in [0.15, 0.2) is 79.0 Å².